The summed E-state index contributed by atoms with van der Waals surface area (Å²) in [6.45, 7) is 5.02. The Hall–Kier alpha value is -2.73. The van der Waals surface area contributed by atoms with Gasteiger partial charge in [0.25, 0.3) is 5.91 Å². The fourth-order valence-electron chi connectivity index (χ4n) is 4.16. The van der Waals surface area contributed by atoms with Gasteiger partial charge in [-0.1, -0.05) is 36.4 Å². The Balaban J connectivity index is 1.65. The van der Waals surface area contributed by atoms with Crippen LogP contribution in [0.4, 0.5) is 0 Å². The van der Waals surface area contributed by atoms with Crippen molar-refractivity contribution in [1.82, 2.24) is 14.8 Å². The number of rotatable bonds is 3. The van der Waals surface area contributed by atoms with Crippen molar-refractivity contribution < 1.29 is 14.3 Å². The molecule has 3 heterocycles. The van der Waals surface area contributed by atoms with Crippen LogP contribution in [-0.2, 0) is 27.3 Å². The van der Waals surface area contributed by atoms with Gasteiger partial charge in [0.15, 0.2) is 6.10 Å². The molecule has 28 heavy (non-hydrogen) atoms. The standard InChI is InChI=1S/C22H25N3O3/c1-15(2)25-19(26)14-28-21(20(25)16-7-4-3-5-8-16)22(27)24-12-10-18-17(13-24)9-6-11-23-18/h3-9,11,15,20-21H,10,12-14H2,1-2H3/t20-,21+/m1/s1. The average Bonchev–Trinajstić information content (AvgIpc) is 2.73. The molecule has 2 aliphatic rings. The maximum absolute atomic E-state index is 13.5. The third kappa shape index (κ3) is 3.40. The fraction of sp³-hybridized carbons (Fsp3) is 0.409. The van der Waals surface area contributed by atoms with Gasteiger partial charge in [0, 0.05) is 37.4 Å². The van der Waals surface area contributed by atoms with Crippen molar-refractivity contribution in [3.8, 4) is 0 Å². The first kappa shape index (κ1) is 18.6. The minimum Gasteiger partial charge on any atom is -0.356 e. The number of morpholine rings is 1. The molecule has 0 radical (unpaired) electrons. The number of nitrogens with zero attached hydrogens (tertiary/aromatic N) is 3. The maximum Gasteiger partial charge on any atom is 0.254 e. The Morgan fingerprint density at radius 3 is 2.71 bits per heavy atom. The molecule has 2 atom stereocenters. The van der Waals surface area contributed by atoms with E-state index >= 15 is 0 Å². The number of aromatic nitrogens is 1. The zero-order chi connectivity index (χ0) is 19.7. The summed E-state index contributed by atoms with van der Waals surface area (Å²) in [5.41, 5.74) is 3.04. The highest BCUT2D eigenvalue weighted by Crippen LogP contribution is 2.33. The predicted octanol–water partition coefficient (Wildman–Crippen LogP) is 2.34. The Morgan fingerprint density at radius 1 is 1.18 bits per heavy atom. The summed E-state index contributed by atoms with van der Waals surface area (Å²) < 4.78 is 5.84. The number of amides is 2. The zero-order valence-corrected chi connectivity index (χ0v) is 16.2. The van der Waals surface area contributed by atoms with Gasteiger partial charge in [0.05, 0.1) is 6.04 Å². The highest BCUT2D eigenvalue weighted by atomic mass is 16.5. The van der Waals surface area contributed by atoms with E-state index in [0.29, 0.717) is 13.1 Å². The second-order valence-corrected chi connectivity index (χ2v) is 7.60. The molecule has 1 aromatic carbocycles. The quantitative estimate of drug-likeness (QED) is 0.821. The van der Waals surface area contributed by atoms with Crippen LogP contribution in [0.2, 0.25) is 0 Å². The Bertz CT molecular complexity index is 868. The largest absolute Gasteiger partial charge is 0.356 e. The monoisotopic (exact) mass is 379 g/mol. The van der Waals surface area contributed by atoms with Crippen molar-refractivity contribution in [2.75, 3.05) is 13.2 Å². The lowest BCUT2D eigenvalue weighted by molar-refractivity contribution is -0.172. The maximum atomic E-state index is 13.5. The van der Waals surface area contributed by atoms with E-state index in [9.17, 15) is 9.59 Å². The summed E-state index contributed by atoms with van der Waals surface area (Å²) in [6.07, 6.45) is 1.82. The third-order valence-corrected chi connectivity index (χ3v) is 5.48. The lowest BCUT2D eigenvalue weighted by Crippen LogP contribution is -2.57. The molecule has 2 amide bonds. The van der Waals surface area contributed by atoms with E-state index in [1.54, 1.807) is 11.1 Å². The van der Waals surface area contributed by atoms with Crippen LogP contribution in [-0.4, -0.2) is 51.9 Å². The molecule has 6 heteroatoms. The third-order valence-electron chi connectivity index (χ3n) is 5.48. The van der Waals surface area contributed by atoms with E-state index in [2.05, 4.69) is 4.98 Å². The first-order valence-corrected chi connectivity index (χ1v) is 9.75. The number of carbonyl (C=O) groups is 2. The van der Waals surface area contributed by atoms with E-state index < -0.39 is 12.1 Å². The lowest BCUT2D eigenvalue weighted by atomic mass is 9.94. The summed E-state index contributed by atoms with van der Waals surface area (Å²) in [6, 6.07) is 13.2. The van der Waals surface area contributed by atoms with Gasteiger partial charge in [0.1, 0.15) is 6.61 Å². The van der Waals surface area contributed by atoms with Gasteiger partial charge in [-0.3, -0.25) is 14.6 Å². The first-order chi connectivity index (χ1) is 13.6. The molecule has 1 saturated heterocycles. The van der Waals surface area contributed by atoms with Crippen molar-refractivity contribution in [3.05, 3.63) is 65.5 Å². The molecule has 0 saturated carbocycles. The first-order valence-electron chi connectivity index (χ1n) is 9.75. The number of hydrogen-bond donors (Lipinski definition) is 0. The van der Waals surface area contributed by atoms with Crippen molar-refractivity contribution in [2.24, 2.45) is 0 Å². The van der Waals surface area contributed by atoms with Crippen LogP contribution >= 0.6 is 0 Å². The van der Waals surface area contributed by atoms with Gasteiger partial charge in [-0.25, -0.2) is 0 Å². The molecule has 0 unspecified atom stereocenters. The van der Waals surface area contributed by atoms with E-state index in [1.807, 2.05) is 61.2 Å². The molecular formula is C22H25N3O3. The molecule has 0 bridgehead atoms. The number of fused-ring (bicyclic) bond motifs is 1. The number of carbonyl (C=O) groups excluding carboxylic acids is 2. The van der Waals surface area contributed by atoms with Crippen LogP contribution < -0.4 is 0 Å². The smallest absolute Gasteiger partial charge is 0.254 e. The fourth-order valence-corrected chi connectivity index (χ4v) is 4.16. The molecule has 4 rings (SSSR count). The van der Waals surface area contributed by atoms with E-state index in [-0.39, 0.29) is 24.5 Å². The number of ether oxygens (including phenoxy) is 1. The summed E-state index contributed by atoms with van der Waals surface area (Å²) in [4.78, 5) is 34.1. The molecular weight excluding hydrogens is 354 g/mol. The Morgan fingerprint density at radius 2 is 1.96 bits per heavy atom. The molecule has 0 aliphatic carbocycles. The highest BCUT2D eigenvalue weighted by Gasteiger charge is 2.44. The average molecular weight is 379 g/mol. The van der Waals surface area contributed by atoms with Gasteiger partial charge < -0.3 is 14.5 Å². The van der Waals surface area contributed by atoms with Gasteiger partial charge in [-0.2, -0.15) is 0 Å². The van der Waals surface area contributed by atoms with Crippen molar-refractivity contribution >= 4 is 11.8 Å². The van der Waals surface area contributed by atoms with Crippen LogP contribution in [0.5, 0.6) is 0 Å². The minimum absolute atomic E-state index is 0.0248. The molecule has 0 spiro atoms. The van der Waals surface area contributed by atoms with Crippen LogP contribution in [0, 0.1) is 0 Å². The number of hydrogen-bond acceptors (Lipinski definition) is 4. The van der Waals surface area contributed by atoms with Crippen molar-refractivity contribution in [3.63, 3.8) is 0 Å². The zero-order valence-electron chi connectivity index (χ0n) is 16.2. The molecule has 6 nitrogen and oxygen atoms in total. The van der Waals surface area contributed by atoms with Gasteiger partial charge >= 0.3 is 0 Å². The summed E-state index contributed by atoms with van der Waals surface area (Å²) in [7, 11) is 0. The number of pyridine rings is 1. The molecule has 2 aliphatic heterocycles. The molecule has 2 aromatic rings. The lowest BCUT2D eigenvalue weighted by Gasteiger charge is -2.44. The van der Waals surface area contributed by atoms with Crippen LogP contribution in [0.15, 0.2) is 48.7 Å². The molecule has 1 aromatic heterocycles. The van der Waals surface area contributed by atoms with Crippen LogP contribution in [0.3, 0.4) is 0 Å². The van der Waals surface area contributed by atoms with E-state index in [4.69, 9.17) is 4.74 Å². The number of benzene rings is 1. The molecule has 1 fully saturated rings. The predicted molar refractivity (Wildman–Crippen MR) is 104 cm³/mol. The summed E-state index contributed by atoms with van der Waals surface area (Å²) in [5.74, 6) is -0.150. The van der Waals surface area contributed by atoms with Crippen LogP contribution in [0.25, 0.3) is 0 Å². The SMILES string of the molecule is CC(C)N1C(=O)CO[C@H](C(=O)N2CCc3ncccc3C2)[C@H]1c1ccccc1. The van der Waals surface area contributed by atoms with Crippen molar-refractivity contribution in [1.29, 1.82) is 0 Å². The summed E-state index contributed by atoms with van der Waals surface area (Å²) >= 11 is 0. The van der Waals surface area contributed by atoms with Gasteiger partial charge in [-0.15, -0.1) is 0 Å². The highest BCUT2D eigenvalue weighted by molar-refractivity contribution is 5.86. The molecule has 0 N–H and O–H groups in total. The second kappa shape index (κ2) is 7.72. The second-order valence-electron chi connectivity index (χ2n) is 7.60. The normalized spacial score (nSPS) is 22.3. The van der Waals surface area contributed by atoms with Crippen LogP contribution in [0.1, 0.15) is 36.7 Å². The summed E-state index contributed by atoms with van der Waals surface area (Å²) in [5, 5.41) is 0. The Labute approximate surface area is 165 Å². The van der Waals surface area contributed by atoms with Gasteiger partial charge in [-0.05, 0) is 31.0 Å². The van der Waals surface area contributed by atoms with E-state index in [0.717, 1.165) is 23.2 Å². The topological polar surface area (TPSA) is 62.7 Å². The minimum atomic E-state index is -0.708. The molecule has 146 valence electrons. The Kier molecular flexibility index (Phi) is 5.13. The van der Waals surface area contributed by atoms with Crippen molar-refractivity contribution in [2.45, 2.75) is 45.0 Å². The van der Waals surface area contributed by atoms with E-state index in [1.165, 1.54) is 0 Å². The van der Waals surface area contributed by atoms with Gasteiger partial charge in [0.2, 0.25) is 5.91 Å².